The van der Waals surface area contributed by atoms with Gasteiger partial charge in [0, 0.05) is 24.5 Å². The van der Waals surface area contributed by atoms with Gasteiger partial charge in [-0.05, 0) is 99.6 Å². The van der Waals surface area contributed by atoms with E-state index in [9.17, 15) is 9.59 Å². The Balaban J connectivity index is 1.71. The van der Waals surface area contributed by atoms with Gasteiger partial charge in [-0.3, -0.25) is 4.57 Å². The van der Waals surface area contributed by atoms with Crippen LogP contribution in [-0.2, 0) is 18.8 Å². The molecule has 0 aromatic carbocycles. The summed E-state index contributed by atoms with van der Waals surface area (Å²) >= 11 is 0. The molecule has 0 aliphatic carbocycles. The summed E-state index contributed by atoms with van der Waals surface area (Å²) in [6.45, 7) is 24.8. The molecular weight excluding hydrogens is 535 g/mol. The molecule has 10 nitrogen and oxygen atoms in total. The van der Waals surface area contributed by atoms with E-state index in [1.807, 2.05) is 69.2 Å². The normalized spacial score (nSPS) is 19.5. The largest absolute Gasteiger partial charge is 0.513 e. The van der Waals surface area contributed by atoms with Crippen LogP contribution in [-0.4, -0.2) is 70.4 Å². The molecule has 0 atom stereocenters. The van der Waals surface area contributed by atoms with Gasteiger partial charge >= 0.3 is 19.3 Å². The van der Waals surface area contributed by atoms with Crippen molar-refractivity contribution in [1.29, 1.82) is 0 Å². The van der Waals surface area contributed by atoms with Crippen LogP contribution in [0.2, 0.25) is 0 Å². The lowest BCUT2D eigenvalue weighted by Crippen LogP contribution is -2.46. The number of hydrogen-bond donors (Lipinski definition) is 1. The maximum absolute atomic E-state index is 13.8. The number of aromatic nitrogens is 2. The fourth-order valence-corrected chi connectivity index (χ4v) is 5.42. The zero-order chi connectivity index (χ0) is 31.4. The third-order valence-electron chi connectivity index (χ3n) is 8.09. The van der Waals surface area contributed by atoms with E-state index in [-0.39, 0.29) is 18.1 Å². The smallest absolute Gasteiger partial charge is 0.444 e. The van der Waals surface area contributed by atoms with E-state index in [4.69, 9.17) is 23.8 Å². The summed E-state index contributed by atoms with van der Waals surface area (Å²) < 4.78 is 25.9. The number of amides is 1. The molecule has 11 heteroatoms. The van der Waals surface area contributed by atoms with Gasteiger partial charge in [0.05, 0.1) is 28.5 Å². The molecule has 4 heterocycles. The predicted octanol–water partition coefficient (Wildman–Crippen LogP) is 5.74. The quantitative estimate of drug-likeness (QED) is 0.454. The number of ether oxygens (including phenoxy) is 2. The number of alkyl carbamates (subject to hydrolysis) is 1. The minimum absolute atomic E-state index is 0.0364. The molecule has 2 aliphatic heterocycles. The highest BCUT2D eigenvalue weighted by Gasteiger charge is 2.54. The Morgan fingerprint density at radius 3 is 2.05 bits per heavy atom. The van der Waals surface area contributed by atoms with Crippen molar-refractivity contribution in [2.75, 3.05) is 18.0 Å². The molecule has 4 rings (SSSR count). The zero-order valence-corrected chi connectivity index (χ0v) is 27.5. The average molecular weight is 585 g/mol. The van der Waals surface area contributed by atoms with E-state index in [1.54, 1.807) is 10.8 Å². The van der Waals surface area contributed by atoms with Crippen molar-refractivity contribution in [3.05, 3.63) is 17.8 Å². The minimum atomic E-state index is -0.759. The Bertz CT molecular complexity index is 1310. The summed E-state index contributed by atoms with van der Waals surface area (Å²) in [6.07, 6.45) is 2.41. The second kappa shape index (κ2) is 11.0. The van der Waals surface area contributed by atoms with Crippen molar-refractivity contribution in [3.63, 3.8) is 0 Å². The molecule has 232 valence electrons. The van der Waals surface area contributed by atoms with Crippen LogP contribution < -0.4 is 15.8 Å². The van der Waals surface area contributed by atoms with Gasteiger partial charge in [-0.1, -0.05) is 13.8 Å². The van der Waals surface area contributed by atoms with Crippen molar-refractivity contribution in [3.8, 4) is 0 Å². The van der Waals surface area contributed by atoms with E-state index in [0.29, 0.717) is 11.1 Å². The van der Waals surface area contributed by atoms with Gasteiger partial charge < -0.3 is 29.0 Å². The minimum Gasteiger partial charge on any atom is -0.444 e. The second-order valence-electron chi connectivity index (χ2n) is 14.8. The molecule has 2 aromatic rings. The number of nitrogens with one attached hydrogen (secondary N) is 1. The van der Waals surface area contributed by atoms with E-state index in [0.717, 1.165) is 42.7 Å². The number of hydrogen-bond acceptors (Lipinski definition) is 8. The molecule has 2 aromatic heterocycles. The lowest BCUT2D eigenvalue weighted by molar-refractivity contribution is 0.00578. The molecular formula is C31H49BN4O6. The number of fused-ring (bicyclic) bond motifs is 1. The van der Waals surface area contributed by atoms with Gasteiger partial charge in [-0.25, -0.2) is 14.6 Å². The van der Waals surface area contributed by atoms with Crippen molar-refractivity contribution >= 4 is 41.6 Å². The highest BCUT2D eigenvalue weighted by Crippen LogP contribution is 2.39. The summed E-state index contributed by atoms with van der Waals surface area (Å²) in [5, 5.41) is 3.91. The van der Waals surface area contributed by atoms with Crippen LogP contribution in [0.5, 0.6) is 0 Å². The van der Waals surface area contributed by atoms with E-state index < -0.39 is 35.6 Å². The van der Waals surface area contributed by atoms with Crippen LogP contribution in [0.15, 0.2) is 12.3 Å². The standard InChI is InChI=1S/C31H49BN4O6/c1-19(2)24-21-17-23(35-15-13-20(14-16-35)34-26(37)39-28(3,4)5)33-18-22(21)36(27(38)40-29(6,7)8)25(24)32-41-30(9,10)31(11,12)42-32/h17-20H,13-16H2,1-12H3,(H,34,37). The van der Waals surface area contributed by atoms with Crippen LogP contribution in [0.1, 0.15) is 107 Å². The van der Waals surface area contributed by atoms with Crippen molar-refractivity contribution in [2.24, 2.45) is 0 Å². The van der Waals surface area contributed by atoms with Crippen molar-refractivity contribution < 1.29 is 28.4 Å². The number of anilines is 1. The Kier molecular flexibility index (Phi) is 8.45. The average Bonchev–Trinajstić information content (AvgIpc) is 3.27. The van der Waals surface area contributed by atoms with Gasteiger partial charge in [0.15, 0.2) is 0 Å². The van der Waals surface area contributed by atoms with E-state index >= 15 is 0 Å². The molecule has 2 saturated heterocycles. The molecule has 0 unspecified atom stereocenters. The number of rotatable bonds is 4. The number of nitrogens with zero attached hydrogens (tertiary/aromatic N) is 3. The molecule has 1 N–H and O–H groups in total. The highest BCUT2D eigenvalue weighted by molar-refractivity contribution is 6.63. The van der Waals surface area contributed by atoms with E-state index in [1.165, 1.54) is 0 Å². The predicted molar refractivity (Wildman–Crippen MR) is 166 cm³/mol. The molecule has 0 radical (unpaired) electrons. The Hall–Kier alpha value is -2.79. The fourth-order valence-electron chi connectivity index (χ4n) is 5.42. The number of piperidine rings is 1. The number of pyridine rings is 1. The lowest BCUT2D eigenvalue weighted by Gasteiger charge is -2.33. The summed E-state index contributed by atoms with van der Waals surface area (Å²) in [5.74, 6) is 0.881. The lowest BCUT2D eigenvalue weighted by atomic mass is 9.78. The van der Waals surface area contributed by atoms with Gasteiger partial charge in [0.2, 0.25) is 0 Å². The van der Waals surface area contributed by atoms with Crippen LogP contribution in [0, 0.1) is 0 Å². The third-order valence-corrected chi connectivity index (χ3v) is 8.09. The first-order valence-corrected chi connectivity index (χ1v) is 15.1. The second-order valence-corrected chi connectivity index (χ2v) is 14.8. The van der Waals surface area contributed by atoms with Crippen LogP contribution in [0.4, 0.5) is 15.4 Å². The Morgan fingerprint density at radius 2 is 1.55 bits per heavy atom. The van der Waals surface area contributed by atoms with E-state index in [2.05, 4.69) is 30.1 Å². The first-order valence-electron chi connectivity index (χ1n) is 15.1. The van der Waals surface area contributed by atoms with Crippen LogP contribution in [0.3, 0.4) is 0 Å². The molecule has 1 amide bonds. The first-order chi connectivity index (χ1) is 19.2. The van der Waals surface area contributed by atoms with Crippen LogP contribution >= 0.6 is 0 Å². The summed E-state index contributed by atoms with van der Waals surface area (Å²) in [6, 6.07) is 2.09. The maximum atomic E-state index is 13.8. The zero-order valence-electron chi connectivity index (χ0n) is 27.5. The van der Waals surface area contributed by atoms with Crippen molar-refractivity contribution in [2.45, 2.75) is 130 Å². The maximum Gasteiger partial charge on any atom is 0.513 e. The SMILES string of the molecule is CC(C)c1c(B2OC(C)(C)C(C)(C)O2)n(C(=O)OC(C)(C)C)c2cnc(N3CCC(NC(=O)OC(C)(C)C)CC3)cc12. The summed E-state index contributed by atoms with van der Waals surface area (Å²) in [7, 11) is -0.759. The molecule has 42 heavy (non-hydrogen) atoms. The monoisotopic (exact) mass is 584 g/mol. The first kappa shape index (κ1) is 32.1. The van der Waals surface area contributed by atoms with Crippen molar-refractivity contribution in [1.82, 2.24) is 14.9 Å². The molecule has 0 saturated carbocycles. The van der Waals surface area contributed by atoms with Gasteiger partial charge in [-0.2, -0.15) is 0 Å². The fraction of sp³-hybridized carbons (Fsp3) is 0.710. The Labute approximate surface area is 250 Å². The summed E-state index contributed by atoms with van der Waals surface area (Å²) in [5.41, 5.74) is -0.115. The molecule has 2 fully saturated rings. The topological polar surface area (TPSA) is 104 Å². The van der Waals surface area contributed by atoms with Gasteiger partial charge in [0.1, 0.15) is 17.0 Å². The Morgan fingerprint density at radius 1 is 1.00 bits per heavy atom. The third kappa shape index (κ3) is 6.72. The molecule has 0 bridgehead atoms. The molecule has 2 aliphatic rings. The number of carbonyl (C=O) groups is 2. The van der Waals surface area contributed by atoms with Gasteiger partial charge in [0.25, 0.3) is 0 Å². The molecule has 0 spiro atoms. The highest BCUT2D eigenvalue weighted by atomic mass is 16.7. The van der Waals surface area contributed by atoms with Crippen LogP contribution in [0.25, 0.3) is 10.9 Å². The number of carbonyl (C=O) groups excluding carboxylic acids is 2. The van der Waals surface area contributed by atoms with Gasteiger partial charge in [-0.15, -0.1) is 0 Å². The summed E-state index contributed by atoms with van der Waals surface area (Å²) in [4.78, 5) is 33.1.